The lowest BCUT2D eigenvalue weighted by molar-refractivity contribution is -0.130. The van der Waals surface area contributed by atoms with Gasteiger partial charge in [0.2, 0.25) is 0 Å². The van der Waals surface area contributed by atoms with Crippen molar-refractivity contribution in [3.8, 4) is 11.5 Å². The summed E-state index contributed by atoms with van der Waals surface area (Å²) in [6.45, 7) is 1.02. The van der Waals surface area contributed by atoms with Crippen LogP contribution in [0.2, 0.25) is 0 Å². The van der Waals surface area contributed by atoms with E-state index in [2.05, 4.69) is 4.90 Å². The van der Waals surface area contributed by atoms with E-state index < -0.39 is 17.1 Å². The van der Waals surface area contributed by atoms with Gasteiger partial charge in [0.05, 0.1) is 17.0 Å². The number of carbonyl (C=O) groups is 1. The number of hydrogen-bond acceptors (Lipinski definition) is 5. The number of phenolic OH excluding ortho intramolecular Hbond substituents is 1. The van der Waals surface area contributed by atoms with Crippen molar-refractivity contribution >= 4 is 5.78 Å². The van der Waals surface area contributed by atoms with Crippen LogP contribution in [-0.2, 0) is 15.7 Å². The smallest absolute Gasteiger partial charge is 0.196 e. The fourth-order valence-electron chi connectivity index (χ4n) is 6.52. The molecule has 2 heterocycles. The molecule has 5 nitrogen and oxygen atoms in total. The zero-order chi connectivity index (χ0) is 16.1. The van der Waals surface area contributed by atoms with Gasteiger partial charge in [0.15, 0.2) is 23.4 Å². The van der Waals surface area contributed by atoms with Gasteiger partial charge >= 0.3 is 0 Å². The van der Waals surface area contributed by atoms with Crippen LogP contribution in [-0.4, -0.2) is 45.2 Å². The van der Waals surface area contributed by atoms with Gasteiger partial charge in [-0.1, -0.05) is 6.07 Å². The Balaban J connectivity index is 1.55. The maximum Gasteiger partial charge on any atom is 0.196 e. The second kappa shape index (κ2) is 3.16. The molecule has 4 aliphatic carbocycles. The molecule has 0 aromatic heterocycles. The summed E-state index contributed by atoms with van der Waals surface area (Å²) in [5, 5.41) is 22.0. The first-order valence-electron chi connectivity index (χ1n) is 8.80. The van der Waals surface area contributed by atoms with Crippen LogP contribution in [0.1, 0.15) is 30.4 Å². The lowest BCUT2D eigenvalue weighted by atomic mass is 9.62. The van der Waals surface area contributed by atoms with Gasteiger partial charge in [-0.05, 0) is 49.0 Å². The number of ketones is 1. The maximum atomic E-state index is 12.5. The van der Waals surface area contributed by atoms with Crippen molar-refractivity contribution in [2.75, 3.05) is 6.54 Å². The Hall–Kier alpha value is -1.85. The number of aromatic hydroxyl groups is 1. The number of ether oxygens (including phenoxy) is 1. The molecule has 2 unspecified atom stereocenters. The highest BCUT2D eigenvalue weighted by atomic mass is 16.5. The number of aliphatic hydroxyl groups is 1. The molecule has 5 heteroatoms. The molecule has 24 heavy (non-hydrogen) atoms. The number of fused-ring (bicyclic) bond motifs is 1. The van der Waals surface area contributed by atoms with E-state index in [9.17, 15) is 15.0 Å². The summed E-state index contributed by atoms with van der Waals surface area (Å²) in [6.07, 6.45) is 5.77. The zero-order valence-corrected chi connectivity index (χ0v) is 13.0. The van der Waals surface area contributed by atoms with Crippen LogP contribution in [0.3, 0.4) is 0 Å². The molecule has 7 rings (SSSR count). The van der Waals surface area contributed by atoms with Gasteiger partial charge < -0.3 is 14.9 Å². The Bertz CT molecular complexity index is 905. The molecule has 1 aromatic rings. The third-order valence-electron chi connectivity index (χ3n) is 7.53. The Morgan fingerprint density at radius 3 is 2.96 bits per heavy atom. The summed E-state index contributed by atoms with van der Waals surface area (Å²) >= 11 is 0. The van der Waals surface area contributed by atoms with Gasteiger partial charge in [0.25, 0.3) is 0 Å². The summed E-state index contributed by atoms with van der Waals surface area (Å²) in [5.74, 6) is 1.13. The highest BCUT2D eigenvalue weighted by Gasteiger charge is 2.91. The quantitative estimate of drug-likeness (QED) is 0.794. The SMILES string of the molecule is O=C1C=C[C@@]2(O)C3N(CC4CC4)[C@]34C[C@@]23c2c4ccc(O)c2O[C@@H]13. The van der Waals surface area contributed by atoms with Crippen molar-refractivity contribution in [3.05, 3.63) is 35.4 Å². The summed E-state index contributed by atoms with van der Waals surface area (Å²) in [4.78, 5) is 15.0. The molecule has 2 N–H and O–H groups in total. The molecule has 2 saturated carbocycles. The molecule has 0 radical (unpaired) electrons. The van der Waals surface area contributed by atoms with E-state index in [-0.39, 0.29) is 23.1 Å². The number of piperidine rings is 1. The Labute approximate surface area is 138 Å². The monoisotopic (exact) mass is 323 g/mol. The fourth-order valence-corrected chi connectivity index (χ4v) is 6.52. The first-order valence-corrected chi connectivity index (χ1v) is 8.80. The maximum absolute atomic E-state index is 12.5. The number of carbonyl (C=O) groups excluding carboxylic acids is 1. The number of phenols is 1. The Morgan fingerprint density at radius 1 is 1.33 bits per heavy atom. The minimum atomic E-state index is -1.08. The van der Waals surface area contributed by atoms with E-state index in [1.54, 1.807) is 12.1 Å². The number of benzene rings is 1. The standard InChI is InChI=1S/C19H17NO4/c21-11-4-3-10-13-14(11)24-15-12(22)5-6-19(23)16-18(10,8-17(13,15)19)20(16)7-9-1-2-9/h3-6,9,15-16,21,23H,1-2,7-8H2/t15-,16?,17-,18-,19+,20?/m0/s1. The molecule has 122 valence electrons. The topological polar surface area (TPSA) is 69.8 Å². The predicted octanol–water partition coefficient (Wildman–Crippen LogP) is 0.968. The van der Waals surface area contributed by atoms with Gasteiger partial charge in [-0.15, -0.1) is 0 Å². The third-order valence-corrected chi connectivity index (χ3v) is 7.53. The van der Waals surface area contributed by atoms with Gasteiger partial charge in [0, 0.05) is 12.1 Å². The molecule has 2 spiro atoms. The van der Waals surface area contributed by atoms with Crippen LogP contribution < -0.4 is 4.74 Å². The lowest BCUT2D eigenvalue weighted by Gasteiger charge is -2.44. The first kappa shape index (κ1) is 12.5. The molecule has 2 bridgehead atoms. The van der Waals surface area contributed by atoms with Crippen LogP contribution in [0.5, 0.6) is 11.5 Å². The van der Waals surface area contributed by atoms with Crippen molar-refractivity contribution < 1.29 is 19.7 Å². The van der Waals surface area contributed by atoms with E-state index in [0.29, 0.717) is 5.75 Å². The lowest BCUT2D eigenvalue weighted by Crippen LogP contribution is -2.62. The molecule has 2 aliphatic heterocycles. The zero-order valence-electron chi connectivity index (χ0n) is 13.0. The molecule has 1 aromatic carbocycles. The number of hydrogen-bond donors (Lipinski definition) is 2. The molecule has 3 fully saturated rings. The Kier molecular flexibility index (Phi) is 1.65. The van der Waals surface area contributed by atoms with Crippen LogP contribution >= 0.6 is 0 Å². The Morgan fingerprint density at radius 2 is 2.17 bits per heavy atom. The molecule has 1 saturated heterocycles. The first-order chi connectivity index (χ1) is 11.5. The summed E-state index contributed by atoms with van der Waals surface area (Å²) in [5.41, 5.74) is 0.0875. The van der Waals surface area contributed by atoms with E-state index in [1.807, 2.05) is 6.07 Å². The number of rotatable bonds is 2. The molecular formula is C19H17NO4. The van der Waals surface area contributed by atoms with Crippen LogP contribution in [0.15, 0.2) is 24.3 Å². The minimum absolute atomic E-state index is 0.0315. The second-order valence-corrected chi connectivity index (χ2v) is 8.47. The molecule has 0 amide bonds. The van der Waals surface area contributed by atoms with Gasteiger partial charge in [-0.3, -0.25) is 9.69 Å². The van der Waals surface area contributed by atoms with Crippen LogP contribution in [0.4, 0.5) is 0 Å². The van der Waals surface area contributed by atoms with Crippen LogP contribution in [0, 0.1) is 5.92 Å². The van der Waals surface area contributed by atoms with Crippen LogP contribution in [0.25, 0.3) is 0 Å². The normalized spacial score (nSPS) is 50.7. The van der Waals surface area contributed by atoms with Gasteiger partial charge in [-0.2, -0.15) is 0 Å². The van der Waals surface area contributed by atoms with E-state index in [1.165, 1.54) is 18.9 Å². The molecule has 6 atom stereocenters. The van der Waals surface area contributed by atoms with Gasteiger partial charge in [0.1, 0.15) is 5.60 Å². The predicted molar refractivity (Wildman–Crippen MR) is 82.8 cm³/mol. The average molecular weight is 323 g/mol. The average Bonchev–Trinajstić information content (AvgIpc) is 3.39. The van der Waals surface area contributed by atoms with Crippen molar-refractivity contribution in [2.45, 2.75) is 48.0 Å². The highest BCUT2D eigenvalue weighted by molar-refractivity contribution is 6.00. The second-order valence-electron chi connectivity index (χ2n) is 8.47. The number of nitrogens with zero attached hydrogens (tertiary/aromatic N) is 1. The largest absolute Gasteiger partial charge is 0.504 e. The summed E-state index contributed by atoms with van der Waals surface area (Å²) in [7, 11) is 0. The van der Waals surface area contributed by atoms with E-state index in [0.717, 1.165) is 30.0 Å². The van der Waals surface area contributed by atoms with E-state index >= 15 is 0 Å². The van der Waals surface area contributed by atoms with Crippen molar-refractivity contribution in [3.63, 3.8) is 0 Å². The number of likely N-dealkylation sites (tertiary alicyclic amines) is 1. The van der Waals surface area contributed by atoms with Crippen molar-refractivity contribution in [1.29, 1.82) is 0 Å². The fraction of sp³-hybridized carbons (Fsp3) is 0.526. The summed E-state index contributed by atoms with van der Waals surface area (Å²) in [6, 6.07) is 3.69. The third kappa shape index (κ3) is 0.930. The highest BCUT2D eigenvalue weighted by Crippen LogP contribution is 2.81. The minimum Gasteiger partial charge on any atom is -0.504 e. The van der Waals surface area contributed by atoms with E-state index in [4.69, 9.17) is 4.74 Å². The van der Waals surface area contributed by atoms with Crippen molar-refractivity contribution in [2.24, 2.45) is 5.92 Å². The molecule has 6 aliphatic rings. The summed E-state index contributed by atoms with van der Waals surface area (Å²) < 4.78 is 5.92. The van der Waals surface area contributed by atoms with Gasteiger partial charge in [-0.25, -0.2) is 0 Å². The molecular weight excluding hydrogens is 306 g/mol. The van der Waals surface area contributed by atoms with Crippen molar-refractivity contribution in [1.82, 2.24) is 4.90 Å².